The number of methoxy groups -OCH3 is 1. The molecule has 8 saturated carbocycles. The van der Waals surface area contributed by atoms with Crippen LogP contribution in [0.3, 0.4) is 0 Å². The Morgan fingerprint density at radius 1 is 0.359 bits per heavy atom. The Kier molecular flexibility index (Phi) is 23.7. The molecular weight excluding hydrogens is 1130 g/mol. The molecule has 0 amide bonds. The highest BCUT2D eigenvalue weighted by Gasteiger charge is 2.43. The molecule has 92 heavy (non-hydrogen) atoms. The summed E-state index contributed by atoms with van der Waals surface area (Å²) < 4.78 is 5.09. The lowest BCUT2D eigenvalue weighted by Crippen LogP contribution is -2.18. The van der Waals surface area contributed by atoms with Gasteiger partial charge in [-0.3, -0.25) is 0 Å². The van der Waals surface area contributed by atoms with Gasteiger partial charge in [-0.05, 0) is 265 Å². The Morgan fingerprint density at radius 2 is 0.663 bits per heavy atom. The van der Waals surface area contributed by atoms with E-state index < -0.39 is 0 Å². The third kappa shape index (κ3) is 17.6. The average Bonchev–Trinajstić information content (AvgIpc) is 1.63. The van der Waals surface area contributed by atoms with Crippen LogP contribution in [-0.2, 0) is 5.41 Å². The highest BCUT2D eigenvalue weighted by molar-refractivity contribution is 5.51. The Bertz CT molecular complexity index is 3280. The molecule has 500 valence electrons. The van der Waals surface area contributed by atoms with Crippen molar-refractivity contribution in [3.63, 3.8) is 0 Å². The van der Waals surface area contributed by atoms with Crippen LogP contribution in [0, 0.1) is 35.5 Å². The minimum absolute atomic E-state index is 0.267. The van der Waals surface area contributed by atoms with Crippen molar-refractivity contribution in [2.75, 3.05) is 7.11 Å². The maximum atomic E-state index is 10.4. The molecule has 8 aliphatic rings. The number of hydrogen-bond donors (Lipinski definition) is 6. The summed E-state index contributed by atoms with van der Waals surface area (Å²) >= 11 is 0. The maximum absolute atomic E-state index is 10.4. The second kappa shape index (κ2) is 31.0. The van der Waals surface area contributed by atoms with E-state index in [0.29, 0.717) is 99.4 Å². The summed E-state index contributed by atoms with van der Waals surface area (Å²) in [5.74, 6) is 13.4. The first-order chi connectivity index (χ1) is 44.0. The first-order valence-electron chi connectivity index (χ1n) is 36.4. The van der Waals surface area contributed by atoms with E-state index in [4.69, 9.17) is 4.74 Å². The molecule has 0 spiro atoms. The Balaban J connectivity index is 0.000000131. The molecule has 0 heterocycles. The number of benzene rings is 6. The summed E-state index contributed by atoms with van der Waals surface area (Å²) in [6.45, 7) is 28.5. The van der Waals surface area contributed by atoms with Crippen molar-refractivity contribution in [2.45, 2.75) is 270 Å². The van der Waals surface area contributed by atoms with Crippen molar-refractivity contribution in [1.82, 2.24) is 0 Å². The normalized spacial score (nSPS) is 20.2. The van der Waals surface area contributed by atoms with Gasteiger partial charge >= 0.3 is 0 Å². The van der Waals surface area contributed by atoms with Gasteiger partial charge in [-0.25, -0.2) is 0 Å². The fourth-order valence-electron chi connectivity index (χ4n) is 14.5. The Labute approximate surface area is 555 Å². The minimum atomic E-state index is 0.267. The first-order valence-corrected chi connectivity index (χ1v) is 36.4. The van der Waals surface area contributed by atoms with Crippen LogP contribution in [-0.4, -0.2) is 37.7 Å². The van der Waals surface area contributed by atoms with Crippen molar-refractivity contribution in [2.24, 2.45) is 35.5 Å². The van der Waals surface area contributed by atoms with E-state index in [2.05, 4.69) is 169 Å². The van der Waals surface area contributed by atoms with Crippen molar-refractivity contribution in [1.29, 1.82) is 0 Å². The molecular formula is C85H118O7. The van der Waals surface area contributed by atoms with Crippen LogP contribution in [0.2, 0.25) is 0 Å². The van der Waals surface area contributed by atoms with Crippen LogP contribution in [0.15, 0.2) is 109 Å². The van der Waals surface area contributed by atoms with Gasteiger partial charge in [-0.15, -0.1) is 0 Å². The number of hydrogen-bond acceptors (Lipinski definition) is 7. The summed E-state index contributed by atoms with van der Waals surface area (Å²) in [5, 5.41) is 61.4. The highest BCUT2D eigenvalue weighted by Crippen LogP contribution is 2.55. The first kappa shape index (κ1) is 70.2. The number of phenols is 6. The molecule has 7 nitrogen and oxygen atoms in total. The zero-order valence-corrected chi connectivity index (χ0v) is 58.9. The van der Waals surface area contributed by atoms with E-state index in [1.165, 1.54) is 131 Å². The number of ether oxygens (including phenoxy) is 1. The molecule has 7 atom stereocenters. The summed E-state index contributed by atoms with van der Waals surface area (Å²) in [6, 6.07) is 37.0. The molecule has 6 aromatic rings. The lowest BCUT2D eigenvalue weighted by atomic mass is 9.73. The van der Waals surface area contributed by atoms with Gasteiger partial charge in [0, 0.05) is 11.1 Å². The highest BCUT2D eigenvalue weighted by atomic mass is 16.5. The second-order valence-corrected chi connectivity index (χ2v) is 30.8. The standard InChI is InChI=1S/C15H20O.2C15H22O.C14H18O.C14H20O.C12H16O2/c1-10(11-6-7-11)12-4-3-5-13(14(12)16)15(2)8-9-15;1-10(2)13-8-5-9-14(15(13)16)11(3)12-6-4-7-12;1-4-10(2)13-6-5-7-14(15(13)16)11(3)12-8-9-12;1-9(10-5-6-10)12-3-2-4-13(14(12)15)11-7-8-11;1-9(2)12-5-4-6-13(14(12)15)10(3)11-7-8-11;1-8(9-6-7-9)10-4-3-5-11(14-2)12(10)13/h3-5,10-11,16H,6-9H2,1-2H3;5,8-12,16H,4,6-7H2,1-3H3;5-7,10-12,16H,4,8-9H2,1-3H3;2-4,9-11,15H,5-8H2,1H3;4-6,9-11,15H,7-8H2,1-3H3;3-5,8-9,13H,6-7H2,1-2H3. The predicted molar refractivity (Wildman–Crippen MR) is 382 cm³/mol. The van der Waals surface area contributed by atoms with E-state index in [9.17, 15) is 30.6 Å². The minimum Gasteiger partial charge on any atom is -0.507 e. The van der Waals surface area contributed by atoms with Gasteiger partial charge in [-0.1, -0.05) is 200 Å². The molecule has 7 unspecified atom stereocenters. The van der Waals surface area contributed by atoms with Gasteiger partial charge in [0.15, 0.2) is 11.5 Å². The second-order valence-electron chi connectivity index (χ2n) is 30.8. The van der Waals surface area contributed by atoms with Gasteiger partial charge in [-0.2, -0.15) is 0 Å². The van der Waals surface area contributed by atoms with Crippen LogP contribution in [0.4, 0.5) is 0 Å². The molecule has 7 heteroatoms. The van der Waals surface area contributed by atoms with Gasteiger partial charge in [0.05, 0.1) is 7.11 Å². The average molecular weight is 1250 g/mol. The fourth-order valence-corrected chi connectivity index (χ4v) is 14.5. The molecule has 6 aromatic carbocycles. The van der Waals surface area contributed by atoms with Gasteiger partial charge in [0.2, 0.25) is 0 Å². The van der Waals surface area contributed by atoms with Gasteiger partial charge in [0.1, 0.15) is 28.7 Å². The fraction of sp³-hybridized carbons (Fsp3) is 0.576. The van der Waals surface area contributed by atoms with Gasteiger partial charge < -0.3 is 35.4 Å². The molecule has 6 N–H and O–H groups in total. The van der Waals surface area contributed by atoms with Crippen LogP contribution in [0.1, 0.15) is 326 Å². The monoisotopic (exact) mass is 1250 g/mol. The molecule has 8 aliphatic carbocycles. The quantitative estimate of drug-likeness (QED) is 0.0476. The number of rotatable bonds is 19. The van der Waals surface area contributed by atoms with E-state index >= 15 is 0 Å². The zero-order chi connectivity index (χ0) is 66.3. The van der Waals surface area contributed by atoms with Crippen molar-refractivity contribution < 1.29 is 35.4 Å². The molecule has 0 aliphatic heterocycles. The maximum Gasteiger partial charge on any atom is 0.161 e. The van der Waals surface area contributed by atoms with Crippen LogP contribution >= 0.6 is 0 Å². The largest absolute Gasteiger partial charge is 0.507 e. The SMILES string of the molecule is CC(C)c1cccc(C(C)C2CC2)c1O.CC(C)c1cccc(C(C)C2CCC2)c1O.CC(c1cccc(C2(C)CC2)c1O)C1CC1.CC(c1cccc(C2CC2)c1O)C1CC1.CCC(C)c1cccc(C(C)C2CC2)c1O.COc1cccc(C(C)C2CC2)c1O. The molecule has 0 bridgehead atoms. The molecule has 0 saturated heterocycles. The van der Waals surface area contributed by atoms with Crippen LogP contribution in [0.5, 0.6) is 40.2 Å². The molecule has 0 radical (unpaired) electrons. The number of phenolic OH excluding ortho intramolecular Hbond substituents is 6. The van der Waals surface area contributed by atoms with Crippen LogP contribution < -0.4 is 4.74 Å². The topological polar surface area (TPSA) is 131 Å². The lowest BCUT2D eigenvalue weighted by molar-refractivity contribution is 0.268. The molecule has 14 rings (SSSR count). The summed E-state index contributed by atoms with van der Waals surface area (Å²) in [4.78, 5) is 0. The Morgan fingerprint density at radius 3 is 0.989 bits per heavy atom. The van der Waals surface area contributed by atoms with Crippen molar-refractivity contribution in [3.8, 4) is 40.2 Å². The van der Waals surface area contributed by atoms with E-state index in [0.717, 1.165) is 80.9 Å². The number of para-hydroxylation sites is 6. The number of aromatic hydroxyl groups is 6. The third-order valence-electron chi connectivity index (χ3n) is 23.2. The Hall–Kier alpha value is -6.08. The predicted octanol–water partition coefficient (Wildman–Crippen LogP) is 23.5. The summed E-state index contributed by atoms with van der Waals surface area (Å²) in [5.41, 5.74) is 12.7. The zero-order valence-electron chi connectivity index (χ0n) is 58.9. The summed E-state index contributed by atoms with van der Waals surface area (Å²) in [7, 11) is 1.58. The smallest absolute Gasteiger partial charge is 0.161 e. The summed E-state index contributed by atoms with van der Waals surface area (Å²) in [6.07, 6.45) is 23.3. The van der Waals surface area contributed by atoms with E-state index in [1.54, 1.807) is 13.2 Å². The molecule has 8 fully saturated rings. The van der Waals surface area contributed by atoms with Crippen molar-refractivity contribution >= 4 is 0 Å². The van der Waals surface area contributed by atoms with Gasteiger partial charge in [0.25, 0.3) is 0 Å². The van der Waals surface area contributed by atoms with E-state index in [-0.39, 0.29) is 5.41 Å². The van der Waals surface area contributed by atoms with E-state index in [1.807, 2.05) is 24.3 Å². The van der Waals surface area contributed by atoms with Crippen LogP contribution in [0.25, 0.3) is 0 Å². The van der Waals surface area contributed by atoms with Crippen molar-refractivity contribution in [3.05, 3.63) is 170 Å². The lowest BCUT2D eigenvalue weighted by Gasteiger charge is -2.32. The third-order valence-corrected chi connectivity index (χ3v) is 23.2. The molecule has 0 aromatic heterocycles.